The van der Waals surface area contributed by atoms with Gasteiger partial charge in [0.2, 0.25) is 5.91 Å². The molecular weight excluding hydrogens is 482 g/mol. The Kier molecular flexibility index (Phi) is 4.54. The smallest absolute Gasteiger partial charge is 0.216 e. The van der Waals surface area contributed by atoms with E-state index >= 15 is 0 Å². The molecule has 1 amide bonds. The van der Waals surface area contributed by atoms with E-state index in [0.717, 1.165) is 6.42 Å². The highest BCUT2D eigenvalue weighted by Gasteiger charge is 2.53. The number of benzene rings is 5. The van der Waals surface area contributed by atoms with Crippen LogP contribution < -0.4 is 5.32 Å². The minimum Gasteiger partial charge on any atom is -0.356 e. The van der Waals surface area contributed by atoms with E-state index in [1.165, 1.54) is 70.2 Å². The molecule has 0 saturated heterocycles. The van der Waals surface area contributed by atoms with Crippen LogP contribution in [-0.4, -0.2) is 12.5 Å². The number of nitrogens with one attached hydrogen (secondary N) is 1. The number of carbonyl (C=O) groups is 1. The van der Waals surface area contributed by atoms with Gasteiger partial charge in [0.1, 0.15) is 0 Å². The van der Waals surface area contributed by atoms with E-state index in [9.17, 15) is 4.79 Å². The van der Waals surface area contributed by atoms with E-state index in [1.54, 1.807) is 6.92 Å². The fourth-order valence-electron chi connectivity index (χ4n) is 7.13. The largest absolute Gasteiger partial charge is 0.356 e. The maximum Gasteiger partial charge on any atom is 0.216 e. The van der Waals surface area contributed by atoms with Crippen LogP contribution >= 0.6 is 11.3 Å². The minimum absolute atomic E-state index is 0.0132. The molecule has 5 aromatic carbocycles. The summed E-state index contributed by atoms with van der Waals surface area (Å²) in [5, 5.41) is 5.69. The molecule has 6 aromatic rings. The predicted octanol–water partition coefficient (Wildman–Crippen LogP) is 8.08. The second-order valence-corrected chi connectivity index (χ2v) is 11.4. The topological polar surface area (TPSA) is 29.1 Å². The Hall–Kier alpha value is -4.21. The number of hydrogen-bond acceptors (Lipinski definition) is 2. The molecule has 38 heavy (non-hydrogen) atoms. The quantitative estimate of drug-likeness (QED) is 0.257. The number of fused-ring (bicyclic) bond motifs is 14. The summed E-state index contributed by atoms with van der Waals surface area (Å²) in [6.07, 6.45) is 0.793. The van der Waals surface area contributed by atoms with Crippen LogP contribution in [0.15, 0.2) is 103 Å². The molecule has 0 fully saturated rings. The van der Waals surface area contributed by atoms with Crippen molar-refractivity contribution in [2.75, 3.05) is 6.54 Å². The van der Waals surface area contributed by atoms with Gasteiger partial charge in [-0.2, -0.15) is 0 Å². The third kappa shape index (κ3) is 2.69. The van der Waals surface area contributed by atoms with E-state index in [1.807, 2.05) is 11.3 Å². The van der Waals surface area contributed by atoms with Crippen molar-refractivity contribution in [3.05, 3.63) is 131 Å². The lowest BCUT2D eigenvalue weighted by Gasteiger charge is -2.32. The first-order chi connectivity index (χ1) is 18.7. The van der Waals surface area contributed by atoms with Crippen molar-refractivity contribution < 1.29 is 4.79 Å². The average Bonchev–Trinajstić information content (AvgIpc) is 3.57. The SMILES string of the molecule is CC(=O)NCCc1cccc2c1C1(c3ccccc3-2)c2ccccc2-c2c1ccc1c2sc2ccccc21. The van der Waals surface area contributed by atoms with Gasteiger partial charge in [-0.1, -0.05) is 97.1 Å². The summed E-state index contributed by atoms with van der Waals surface area (Å²) in [7, 11) is 0. The second-order valence-electron chi connectivity index (χ2n) is 10.4. The van der Waals surface area contributed by atoms with Crippen molar-refractivity contribution >= 4 is 37.4 Å². The summed E-state index contributed by atoms with van der Waals surface area (Å²) in [6, 6.07) is 38.2. The molecule has 1 atom stereocenters. The van der Waals surface area contributed by atoms with Gasteiger partial charge in [0, 0.05) is 39.2 Å². The highest BCUT2D eigenvalue weighted by Crippen LogP contribution is 2.65. The van der Waals surface area contributed by atoms with Gasteiger partial charge in [-0.15, -0.1) is 11.3 Å². The van der Waals surface area contributed by atoms with Gasteiger partial charge in [-0.05, 0) is 57.0 Å². The van der Waals surface area contributed by atoms with Crippen LogP contribution in [0.1, 0.15) is 34.7 Å². The van der Waals surface area contributed by atoms with Crippen molar-refractivity contribution in [2.45, 2.75) is 18.8 Å². The van der Waals surface area contributed by atoms with Gasteiger partial charge in [-0.25, -0.2) is 0 Å². The third-order valence-corrected chi connectivity index (χ3v) is 9.67. The highest BCUT2D eigenvalue weighted by molar-refractivity contribution is 7.26. The number of thiophene rings is 1. The standard InChI is InChI=1S/C35H25NOS/c1-21(37)36-20-19-22-9-8-13-25-23-10-2-5-14-28(23)35(33(22)25)29-15-6-3-12-27(29)32-30(35)18-17-26-24-11-4-7-16-31(24)38-34(26)32/h2-18H,19-20H2,1H3,(H,36,37). The van der Waals surface area contributed by atoms with E-state index in [2.05, 4.69) is 108 Å². The number of carbonyl (C=O) groups excluding carboxylic acids is 1. The summed E-state index contributed by atoms with van der Waals surface area (Å²) >= 11 is 1.91. The highest BCUT2D eigenvalue weighted by atomic mass is 32.1. The van der Waals surface area contributed by atoms with Gasteiger partial charge in [0.15, 0.2) is 0 Å². The Labute approximate surface area is 225 Å². The Balaban J connectivity index is 1.51. The zero-order valence-electron chi connectivity index (χ0n) is 21.0. The van der Waals surface area contributed by atoms with Gasteiger partial charge in [0.05, 0.1) is 5.41 Å². The third-order valence-electron chi connectivity index (χ3n) is 8.47. The number of hydrogen-bond donors (Lipinski definition) is 1. The molecule has 1 N–H and O–H groups in total. The average molecular weight is 508 g/mol. The molecular formula is C35H25NOS. The van der Waals surface area contributed by atoms with Crippen LogP contribution in [0.25, 0.3) is 42.4 Å². The summed E-state index contributed by atoms with van der Waals surface area (Å²) in [6.45, 7) is 2.22. The second kappa shape index (κ2) is 7.89. The summed E-state index contributed by atoms with van der Waals surface area (Å²) in [4.78, 5) is 11.7. The van der Waals surface area contributed by atoms with Crippen molar-refractivity contribution in [1.29, 1.82) is 0 Å². The first kappa shape index (κ1) is 21.8. The fourth-order valence-corrected chi connectivity index (χ4v) is 8.39. The van der Waals surface area contributed by atoms with Crippen LogP contribution in [0, 0.1) is 0 Å². The van der Waals surface area contributed by atoms with E-state index < -0.39 is 0 Å². The Morgan fingerprint density at radius 1 is 0.711 bits per heavy atom. The maximum atomic E-state index is 11.7. The zero-order valence-corrected chi connectivity index (χ0v) is 21.9. The molecule has 8 rings (SSSR count). The molecule has 182 valence electrons. The lowest BCUT2D eigenvalue weighted by molar-refractivity contribution is -0.118. The summed E-state index contributed by atoms with van der Waals surface area (Å²) in [5.74, 6) is 0.0132. The zero-order chi connectivity index (χ0) is 25.4. The normalized spacial score (nSPS) is 16.4. The van der Waals surface area contributed by atoms with Crippen molar-refractivity contribution in [3.63, 3.8) is 0 Å². The number of rotatable bonds is 3. The van der Waals surface area contributed by atoms with Gasteiger partial charge < -0.3 is 5.32 Å². The molecule has 2 nitrogen and oxygen atoms in total. The van der Waals surface area contributed by atoms with E-state index in [4.69, 9.17) is 0 Å². The predicted molar refractivity (Wildman–Crippen MR) is 158 cm³/mol. The molecule has 2 aliphatic carbocycles. The number of amides is 1. The van der Waals surface area contributed by atoms with Crippen LogP contribution in [0.5, 0.6) is 0 Å². The van der Waals surface area contributed by atoms with Crippen LogP contribution in [-0.2, 0) is 16.6 Å². The summed E-state index contributed by atoms with van der Waals surface area (Å²) < 4.78 is 2.70. The first-order valence-electron chi connectivity index (χ1n) is 13.2. The lowest BCUT2D eigenvalue weighted by Crippen LogP contribution is -2.28. The summed E-state index contributed by atoms with van der Waals surface area (Å²) in [5.41, 5.74) is 11.7. The molecule has 3 heteroatoms. The Bertz CT molecular complexity index is 1950. The van der Waals surface area contributed by atoms with Crippen molar-refractivity contribution in [1.82, 2.24) is 5.32 Å². The van der Waals surface area contributed by atoms with Gasteiger partial charge in [0.25, 0.3) is 0 Å². The van der Waals surface area contributed by atoms with Crippen molar-refractivity contribution in [2.24, 2.45) is 0 Å². The van der Waals surface area contributed by atoms with Gasteiger partial charge in [-0.3, -0.25) is 4.79 Å². The van der Waals surface area contributed by atoms with Gasteiger partial charge >= 0.3 is 0 Å². The van der Waals surface area contributed by atoms with Crippen LogP contribution in [0.4, 0.5) is 0 Å². The van der Waals surface area contributed by atoms with Crippen LogP contribution in [0.3, 0.4) is 0 Å². The molecule has 0 bridgehead atoms. The molecule has 0 aliphatic heterocycles. The van der Waals surface area contributed by atoms with E-state index in [0.29, 0.717) is 6.54 Å². The van der Waals surface area contributed by atoms with Crippen LogP contribution in [0.2, 0.25) is 0 Å². The minimum atomic E-state index is -0.380. The molecule has 1 heterocycles. The molecule has 0 saturated carbocycles. The molecule has 1 unspecified atom stereocenters. The fraction of sp³-hybridized carbons (Fsp3) is 0.114. The van der Waals surface area contributed by atoms with E-state index in [-0.39, 0.29) is 11.3 Å². The Morgan fingerprint density at radius 2 is 1.42 bits per heavy atom. The first-order valence-corrected chi connectivity index (χ1v) is 14.0. The monoisotopic (exact) mass is 507 g/mol. The molecule has 2 aliphatic rings. The van der Waals surface area contributed by atoms with Crippen molar-refractivity contribution in [3.8, 4) is 22.3 Å². The maximum absolute atomic E-state index is 11.7. The lowest BCUT2D eigenvalue weighted by atomic mass is 9.69. The Morgan fingerprint density at radius 3 is 2.26 bits per heavy atom. The molecule has 1 aromatic heterocycles. The molecule has 1 spiro atoms. The molecule has 0 radical (unpaired) electrons.